The fourth-order valence-electron chi connectivity index (χ4n) is 4.34. The van der Waals surface area contributed by atoms with E-state index in [-0.39, 0.29) is 0 Å². The van der Waals surface area contributed by atoms with Crippen LogP contribution in [0.25, 0.3) is 0 Å². The summed E-state index contributed by atoms with van der Waals surface area (Å²) in [6.45, 7) is 13.3. The van der Waals surface area contributed by atoms with Crippen molar-refractivity contribution in [2.45, 2.75) is 48.0 Å². The largest absolute Gasteiger partial charge is 0.399 e. The number of nitrogens with one attached hydrogen (secondary N) is 2. The van der Waals surface area contributed by atoms with Gasteiger partial charge in [-0.05, 0) is 105 Å². The van der Waals surface area contributed by atoms with Crippen LogP contribution >= 0.6 is 0 Å². The van der Waals surface area contributed by atoms with Gasteiger partial charge in [-0.15, -0.1) is 0 Å². The van der Waals surface area contributed by atoms with Gasteiger partial charge in [-0.3, -0.25) is 0 Å². The van der Waals surface area contributed by atoms with Gasteiger partial charge in [0.2, 0.25) is 0 Å². The van der Waals surface area contributed by atoms with Crippen LogP contribution < -0.4 is 22.1 Å². The molecule has 4 aromatic rings. The molecule has 36 heavy (non-hydrogen) atoms. The van der Waals surface area contributed by atoms with Crippen molar-refractivity contribution >= 4 is 22.7 Å². The van der Waals surface area contributed by atoms with Crippen LogP contribution in [0.3, 0.4) is 0 Å². The van der Waals surface area contributed by atoms with Crippen molar-refractivity contribution in [1.82, 2.24) is 0 Å². The number of nitrogen functional groups attached to an aromatic ring is 2. The van der Waals surface area contributed by atoms with Crippen molar-refractivity contribution in [3.8, 4) is 0 Å². The third-order valence-corrected chi connectivity index (χ3v) is 6.57. The van der Waals surface area contributed by atoms with E-state index in [2.05, 4.69) is 99.0 Å². The Bertz CT molecular complexity index is 1180. The third kappa shape index (κ3) is 7.05. The number of aryl methyl sites for hydroxylation is 6. The Morgan fingerprint density at radius 3 is 1.19 bits per heavy atom. The number of anilines is 4. The lowest BCUT2D eigenvalue weighted by atomic mass is 10.0. The summed E-state index contributed by atoms with van der Waals surface area (Å²) in [6, 6.07) is 25.1. The molecular weight excluding hydrogens is 440 g/mol. The summed E-state index contributed by atoms with van der Waals surface area (Å²) in [5, 5.41) is 6.95. The molecule has 0 bridgehead atoms. The highest BCUT2D eigenvalue weighted by Gasteiger charge is 2.04. The molecule has 0 fully saturated rings. The zero-order chi connectivity index (χ0) is 26.2. The average Bonchev–Trinajstić information content (AvgIpc) is 2.83. The predicted molar refractivity (Wildman–Crippen MR) is 158 cm³/mol. The van der Waals surface area contributed by atoms with E-state index in [1.54, 1.807) is 0 Å². The van der Waals surface area contributed by atoms with E-state index in [0.717, 1.165) is 35.6 Å². The first kappa shape index (κ1) is 26.7. The average molecular weight is 481 g/mol. The molecule has 4 aromatic carbocycles. The second-order valence-electron chi connectivity index (χ2n) is 9.62. The first-order valence-corrected chi connectivity index (χ1v) is 12.5. The van der Waals surface area contributed by atoms with Crippen LogP contribution in [-0.4, -0.2) is 6.67 Å². The maximum absolute atomic E-state index is 5.81. The second-order valence-corrected chi connectivity index (χ2v) is 9.62. The Labute approximate surface area is 216 Å². The molecule has 0 atom stereocenters. The molecule has 4 rings (SSSR count). The highest BCUT2D eigenvalue weighted by Crippen LogP contribution is 2.22. The molecule has 4 nitrogen and oxygen atoms in total. The molecule has 0 heterocycles. The summed E-state index contributed by atoms with van der Waals surface area (Å²) < 4.78 is 0. The Kier molecular flexibility index (Phi) is 9.02. The van der Waals surface area contributed by atoms with Gasteiger partial charge in [-0.2, -0.15) is 0 Å². The third-order valence-electron chi connectivity index (χ3n) is 6.57. The van der Waals surface area contributed by atoms with E-state index in [1.807, 2.05) is 26.0 Å². The Morgan fingerprint density at radius 2 is 0.861 bits per heavy atom. The van der Waals surface area contributed by atoms with E-state index in [9.17, 15) is 0 Å². The normalized spacial score (nSPS) is 10.4. The molecule has 4 heteroatoms. The lowest BCUT2D eigenvalue weighted by Gasteiger charge is -2.16. The highest BCUT2D eigenvalue weighted by atomic mass is 15.1. The highest BCUT2D eigenvalue weighted by molar-refractivity contribution is 5.60. The first-order valence-electron chi connectivity index (χ1n) is 12.5. The van der Waals surface area contributed by atoms with Crippen LogP contribution in [0.15, 0.2) is 72.8 Å². The summed E-state index contributed by atoms with van der Waals surface area (Å²) in [4.78, 5) is 0. The fourth-order valence-corrected chi connectivity index (χ4v) is 4.34. The molecule has 6 N–H and O–H groups in total. The van der Waals surface area contributed by atoms with Gasteiger partial charge in [-0.1, -0.05) is 60.7 Å². The molecule has 0 aliphatic carbocycles. The van der Waals surface area contributed by atoms with Gasteiger partial charge >= 0.3 is 0 Å². The molecule has 188 valence electrons. The van der Waals surface area contributed by atoms with E-state index in [1.165, 1.54) is 44.8 Å². The number of hydrogen-bond donors (Lipinski definition) is 4. The van der Waals surface area contributed by atoms with Crippen LogP contribution in [0.4, 0.5) is 22.7 Å². The standard InChI is InChI=1S/C17H22N2.C15H18N2/c1-12-7-5-8-13(2)16(12)18-11-19-17-14(3)9-6-10-15(17)4;1-10-7-12(3-5-14(10)16)9-13-4-6-15(17)11(2)8-13/h5-10,18-19H,11H2,1-4H3;3-8H,9,16-17H2,1-2H3. The minimum absolute atomic E-state index is 0.734. The maximum atomic E-state index is 5.81. The maximum Gasteiger partial charge on any atom is 0.0849 e. The second kappa shape index (κ2) is 12.2. The molecule has 0 aromatic heterocycles. The number of hydrogen-bond acceptors (Lipinski definition) is 4. The summed E-state index contributed by atoms with van der Waals surface area (Å²) in [7, 11) is 0. The Morgan fingerprint density at radius 1 is 0.500 bits per heavy atom. The van der Waals surface area contributed by atoms with Crippen molar-refractivity contribution in [3.63, 3.8) is 0 Å². The SMILES string of the molecule is Cc1cc(Cc2ccc(N)c(C)c2)ccc1N.Cc1cccc(C)c1NCNc1c(C)cccc1C. The molecular formula is C32H40N4. The van der Waals surface area contributed by atoms with Gasteiger partial charge in [0.25, 0.3) is 0 Å². The van der Waals surface area contributed by atoms with Crippen molar-refractivity contribution in [3.05, 3.63) is 117 Å². The van der Waals surface area contributed by atoms with E-state index >= 15 is 0 Å². The Balaban J connectivity index is 0.000000202. The quantitative estimate of drug-likeness (QED) is 0.171. The number of benzene rings is 4. The molecule has 0 spiro atoms. The monoisotopic (exact) mass is 480 g/mol. The lowest BCUT2D eigenvalue weighted by Crippen LogP contribution is -2.14. The first-order chi connectivity index (χ1) is 17.2. The van der Waals surface area contributed by atoms with Crippen LogP contribution in [0, 0.1) is 41.5 Å². The van der Waals surface area contributed by atoms with Crippen LogP contribution in [0.5, 0.6) is 0 Å². The molecule has 0 radical (unpaired) electrons. The van der Waals surface area contributed by atoms with Gasteiger partial charge in [0.1, 0.15) is 0 Å². The van der Waals surface area contributed by atoms with Crippen LogP contribution in [0.1, 0.15) is 44.5 Å². The summed E-state index contributed by atoms with van der Waals surface area (Å²) >= 11 is 0. The zero-order valence-electron chi connectivity index (χ0n) is 22.5. The van der Waals surface area contributed by atoms with Gasteiger partial charge < -0.3 is 22.1 Å². The van der Waals surface area contributed by atoms with Crippen molar-refractivity contribution < 1.29 is 0 Å². The number of rotatable bonds is 6. The summed E-state index contributed by atoms with van der Waals surface area (Å²) in [6.07, 6.45) is 0.919. The zero-order valence-corrected chi connectivity index (χ0v) is 22.5. The summed E-state index contributed by atoms with van der Waals surface area (Å²) in [5.41, 5.74) is 25.7. The smallest absolute Gasteiger partial charge is 0.0849 e. The molecule has 0 aliphatic rings. The predicted octanol–water partition coefficient (Wildman–Crippen LogP) is 7.46. The number of para-hydroxylation sites is 2. The topological polar surface area (TPSA) is 76.1 Å². The van der Waals surface area contributed by atoms with Gasteiger partial charge in [0, 0.05) is 22.7 Å². The van der Waals surface area contributed by atoms with Gasteiger partial charge in [0.15, 0.2) is 0 Å². The van der Waals surface area contributed by atoms with Gasteiger partial charge in [-0.25, -0.2) is 0 Å². The number of nitrogens with two attached hydrogens (primary N) is 2. The van der Waals surface area contributed by atoms with Crippen molar-refractivity contribution in [1.29, 1.82) is 0 Å². The molecule has 0 saturated heterocycles. The molecule has 0 aliphatic heterocycles. The van der Waals surface area contributed by atoms with E-state index in [4.69, 9.17) is 11.5 Å². The minimum atomic E-state index is 0.734. The van der Waals surface area contributed by atoms with E-state index in [0.29, 0.717) is 0 Å². The van der Waals surface area contributed by atoms with Crippen LogP contribution in [0.2, 0.25) is 0 Å². The van der Waals surface area contributed by atoms with Crippen molar-refractivity contribution in [2.24, 2.45) is 0 Å². The molecule has 0 amide bonds. The molecule has 0 saturated carbocycles. The Hall–Kier alpha value is -3.92. The molecule has 0 unspecified atom stereocenters. The minimum Gasteiger partial charge on any atom is -0.399 e. The lowest BCUT2D eigenvalue weighted by molar-refractivity contribution is 1.17. The fraction of sp³-hybridized carbons (Fsp3) is 0.250. The summed E-state index contributed by atoms with van der Waals surface area (Å²) in [5.74, 6) is 0. The van der Waals surface area contributed by atoms with Gasteiger partial charge in [0.05, 0.1) is 6.67 Å². The van der Waals surface area contributed by atoms with Crippen molar-refractivity contribution in [2.75, 3.05) is 28.8 Å². The van der Waals surface area contributed by atoms with Crippen LogP contribution in [-0.2, 0) is 6.42 Å². The van der Waals surface area contributed by atoms with E-state index < -0.39 is 0 Å².